The fourth-order valence-electron chi connectivity index (χ4n) is 2.38. The van der Waals surface area contributed by atoms with E-state index < -0.39 is 5.60 Å². The highest BCUT2D eigenvalue weighted by Gasteiger charge is 2.16. The summed E-state index contributed by atoms with van der Waals surface area (Å²) in [5.74, 6) is 0.672. The molecule has 6 heteroatoms. The summed E-state index contributed by atoms with van der Waals surface area (Å²) in [6.45, 7) is 5.54. The maximum absolute atomic E-state index is 10.0. The van der Waals surface area contributed by atoms with E-state index in [1.54, 1.807) is 21.0 Å². The molecule has 0 bridgehead atoms. The number of ether oxygens (including phenoxy) is 1. The first kappa shape index (κ1) is 15.4. The normalized spacial score (nSPS) is 11.9. The molecule has 0 saturated heterocycles. The van der Waals surface area contributed by atoms with E-state index >= 15 is 0 Å². The molecule has 1 aromatic carbocycles. The van der Waals surface area contributed by atoms with E-state index in [1.807, 2.05) is 37.3 Å². The van der Waals surface area contributed by atoms with Gasteiger partial charge in [0.05, 0.1) is 18.4 Å². The van der Waals surface area contributed by atoms with Crippen molar-refractivity contribution in [1.82, 2.24) is 20.0 Å². The lowest BCUT2D eigenvalue weighted by molar-refractivity contribution is 0.0786. The number of hydrogen-bond donors (Lipinski definition) is 1. The number of aryl methyl sites for hydroxylation is 1. The lowest BCUT2D eigenvalue weighted by Crippen LogP contribution is -2.15. The van der Waals surface area contributed by atoms with E-state index in [1.165, 1.54) is 4.80 Å². The first-order valence-corrected chi connectivity index (χ1v) is 7.56. The Balaban J connectivity index is 2.06. The molecule has 1 N–H and O–H groups in total. The second kappa shape index (κ2) is 5.62. The van der Waals surface area contributed by atoms with Crippen molar-refractivity contribution in [3.63, 3.8) is 0 Å². The van der Waals surface area contributed by atoms with Gasteiger partial charge in [0.1, 0.15) is 0 Å². The molecule has 3 aromatic rings. The Morgan fingerprint density at radius 3 is 2.43 bits per heavy atom. The molecule has 0 aliphatic carbocycles. The fraction of sp³-hybridized carbons (Fsp3) is 0.353. The Morgan fingerprint density at radius 2 is 1.87 bits per heavy atom. The van der Waals surface area contributed by atoms with Gasteiger partial charge < -0.3 is 9.84 Å². The Hall–Kier alpha value is -2.47. The zero-order chi connectivity index (χ0) is 16.6. The molecule has 0 aliphatic rings. The summed E-state index contributed by atoms with van der Waals surface area (Å²) in [4.78, 5) is 6.03. The average Bonchev–Trinajstić information content (AvgIpc) is 2.97. The van der Waals surface area contributed by atoms with Crippen LogP contribution in [0.4, 0.5) is 0 Å². The zero-order valence-corrected chi connectivity index (χ0v) is 13.7. The van der Waals surface area contributed by atoms with Crippen molar-refractivity contribution in [3.8, 4) is 11.4 Å². The molecular weight excluding hydrogens is 292 g/mol. The van der Waals surface area contributed by atoms with Crippen LogP contribution in [0, 0.1) is 0 Å². The number of methoxy groups -OCH3 is 1. The second-order valence-electron chi connectivity index (χ2n) is 5.94. The Kier molecular flexibility index (Phi) is 3.77. The monoisotopic (exact) mass is 312 g/mol. The summed E-state index contributed by atoms with van der Waals surface area (Å²) in [6.07, 6.45) is 0.805. The lowest BCUT2D eigenvalue weighted by atomic mass is 9.98. The van der Waals surface area contributed by atoms with Crippen LogP contribution in [0.3, 0.4) is 0 Å². The minimum Gasteiger partial charge on any atom is -0.494 e. The molecule has 6 nitrogen and oxygen atoms in total. The van der Waals surface area contributed by atoms with Crippen LogP contribution in [0.15, 0.2) is 30.3 Å². The molecule has 0 fully saturated rings. The SMILES string of the molecule is CCc1cc(OC)c2nn(-c3ccc(C(C)(C)O)cc3)nc2n1. The molecule has 0 atom stereocenters. The van der Waals surface area contributed by atoms with Gasteiger partial charge in [-0.1, -0.05) is 19.1 Å². The van der Waals surface area contributed by atoms with Crippen molar-refractivity contribution < 1.29 is 9.84 Å². The molecule has 3 rings (SSSR count). The Morgan fingerprint density at radius 1 is 1.17 bits per heavy atom. The van der Waals surface area contributed by atoms with E-state index in [9.17, 15) is 5.11 Å². The zero-order valence-electron chi connectivity index (χ0n) is 13.7. The predicted octanol–water partition coefficient (Wildman–Crippen LogP) is 2.61. The van der Waals surface area contributed by atoms with Crippen LogP contribution in [0.5, 0.6) is 5.75 Å². The van der Waals surface area contributed by atoms with Gasteiger partial charge in [0.15, 0.2) is 11.3 Å². The molecule has 0 aliphatic heterocycles. The first-order chi connectivity index (χ1) is 10.9. The van der Waals surface area contributed by atoms with Gasteiger partial charge in [-0.2, -0.15) is 0 Å². The molecule has 23 heavy (non-hydrogen) atoms. The summed E-state index contributed by atoms with van der Waals surface area (Å²) in [5, 5.41) is 18.9. The van der Waals surface area contributed by atoms with Gasteiger partial charge in [0.25, 0.3) is 0 Å². The van der Waals surface area contributed by atoms with Gasteiger partial charge in [0.2, 0.25) is 5.65 Å². The van der Waals surface area contributed by atoms with E-state index in [-0.39, 0.29) is 0 Å². The van der Waals surface area contributed by atoms with Crippen LogP contribution in [0.25, 0.3) is 16.9 Å². The van der Waals surface area contributed by atoms with Crippen molar-refractivity contribution in [1.29, 1.82) is 0 Å². The quantitative estimate of drug-likeness (QED) is 0.801. The Bertz CT molecular complexity index is 832. The smallest absolute Gasteiger partial charge is 0.206 e. The van der Waals surface area contributed by atoms with Crippen molar-refractivity contribution in [2.75, 3.05) is 7.11 Å². The molecule has 120 valence electrons. The van der Waals surface area contributed by atoms with Crippen LogP contribution in [0.1, 0.15) is 32.0 Å². The highest BCUT2D eigenvalue weighted by molar-refractivity contribution is 5.77. The summed E-state index contributed by atoms with van der Waals surface area (Å²) < 4.78 is 5.39. The third-order valence-electron chi connectivity index (χ3n) is 3.76. The molecule has 0 radical (unpaired) electrons. The number of pyridine rings is 1. The first-order valence-electron chi connectivity index (χ1n) is 7.56. The van der Waals surface area contributed by atoms with Crippen molar-refractivity contribution in [2.24, 2.45) is 0 Å². The lowest BCUT2D eigenvalue weighted by Gasteiger charge is -2.17. The highest BCUT2D eigenvalue weighted by atomic mass is 16.5. The van der Waals surface area contributed by atoms with Crippen molar-refractivity contribution >= 4 is 11.2 Å². The van der Waals surface area contributed by atoms with Crippen LogP contribution >= 0.6 is 0 Å². The fourth-order valence-corrected chi connectivity index (χ4v) is 2.38. The topological polar surface area (TPSA) is 73.1 Å². The van der Waals surface area contributed by atoms with Crippen LogP contribution in [-0.4, -0.2) is 32.2 Å². The largest absolute Gasteiger partial charge is 0.494 e. The minimum atomic E-state index is -0.873. The summed E-state index contributed by atoms with van der Waals surface area (Å²) >= 11 is 0. The standard InChI is InChI=1S/C17H20N4O2/c1-5-12-10-14(23-4)15-16(18-12)20-21(19-15)13-8-6-11(7-9-13)17(2,3)22/h6-10,22H,5H2,1-4H3. The maximum atomic E-state index is 10.0. The maximum Gasteiger partial charge on any atom is 0.206 e. The van der Waals surface area contributed by atoms with Gasteiger partial charge in [-0.15, -0.1) is 15.0 Å². The number of fused-ring (bicyclic) bond motifs is 1. The molecule has 2 aromatic heterocycles. The molecular formula is C17H20N4O2. The third-order valence-corrected chi connectivity index (χ3v) is 3.76. The van der Waals surface area contributed by atoms with Crippen LogP contribution in [-0.2, 0) is 12.0 Å². The molecule has 0 unspecified atom stereocenters. The van der Waals surface area contributed by atoms with E-state index in [0.29, 0.717) is 16.9 Å². The van der Waals surface area contributed by atoms with Crippen LogP contribution in [0.2, 0.25) is 0 Å². The van der Waals surface area contributed by atoms with E-state index in [0.717, 1.165) is 23.4 Å². The van der Waals surface area contributed by atoms with Crippen LogP contribution < -0.4 is 4.74 Å². The number of nitrogens with zero attached hydrogens (tertiary/aromatic N) is 4. The second-order valence-corrected chi connectivity index (χ2v) is 5.94. The summed E-state index contributed by atoms with van der Waals surface area (Å²) in [6, 6.07) is 9.37. The highest BCUT2D eigenvalue weighted by Crippen LogP contribution is 2.24. The summed E-state index contributed by atoms with van der Waals surface area (Å²) in [7, 11) is 1.62. The number of aliphatic hydroxyl groups is 1. The van der Waals surface area contributed by atoms with E-state index in [4.69, 9.17) is 4.74 Å². The number of rotatable bonds is 4. The minimum absolute atomic E-state index is 0.563. The Labute approximate surface area is 134 Å². The molecule has 2 heterocycles. The number of hydrogen-bond acceptors (Lipinski definition) is 5. The molecule has 0 spiro atoms. The molecule has 0 amide bonds. The average molecular weight is 312 g/mol. The van der Waals surface area contributed by atoms with E-state index in [2.05, 4.69) is 15.2 Å². The third kappa shape index (κ3) is 2.90. The van der Waals surface area contributed by atoms with Gasteiger partial charge in [-0.25, -0.2) is 4.98 Å². The predicted molar refractivity (Wildman–Crippen MR) is 87.8 cm³/mol. The molecule has 0 saturated carbocycles. The summed E-state index contributed by atoms with van der Waals surface area (Å²) in [5.41, 5.74) is 2.88. The van der Waals surface area contributed by atoms with Gasteiger partial charge in [-0.3, -0.25) is 0 Å². The van der Waals surface area contributed by atoms with Crippen molar-refractivity contribution in [2.45, 2.75) is 32.8 Å². The van der Waals surface area contributed by atoms with Gasteiger partial charge in [-0.05, 0) is 38.0 Å². The van der Waals surface area contributed by atoms with Crippen molar-refractivity contribution in [3.05, 3.63) is 41.6 Å². The van der Waals surface area contributed by atoms with Gasteiger partial charge >= 0.3 is 0 Å². The number of aromatic nitrogens is 4. The van der Waals surface area contributed by atoms with Gasteiger partial charge in [0, 0.05) is 11.8 Å². The number of benzene rings is 1.